The predicted molar refractivity (Wildman–Crippen MR) is 58.4 cm³/mol. The molecular weight excluding hydrogens is 162 g/mol. The molecule has 0 rings (SSSR count). The lowest BCUT2D eigenvalue weighted by Gasteiger charge is -2.23. The van der Waals surface area contributed by atoms with Gasteiger partial charge in [0.1, 0.15) is 0 Å². The van der Waals surface area contributed by atoms with Gasteiger partial charge in [-0.25, -0.2) is 0 Å². The van der Waals surface area contributed by atoms with Crippen molar-refractivity contribution in [2.45, 2.75) is 39.2 Å². The topological polar surface area (TPSA) is 41.3 Å². The van der Waals surface area contributed by atoms with Gasteiger partial charge in [0, 0.05) is 12.6 Å². The first-order valence-corrected chi connectivity index (χ1v) is 5.24. The molecule has 13 heavy (non-hydrogen) atoms. The Balaban J connectivity index is 3.80. The summed E-state index contributed by atoms with van der Waals surface area (Å²) < 4.78 is 0. The number of nitrogens with zero attached hydrogens (tertiary/aromatic N) is 1. The first-order valence-electron chi connectivity index (χ1n) is 5.24. The summed E-state index contributed by atoms with van der Waals surface area (Å²) in [6.07, 6.45) is 3.69. The first-order chi connectivity index (χ1) is 6.13. The maximum Gasteiger partial charge on any atom is 0.0340 e. The molecule has 0 spiro atoms. The maximum absolute atomic E-state index is 5.50. The summed E-state index contributed by atoms with van der Waals surface area (Å²) in [5.74, 6) is 6.31. The van der Waals surface area contributed by atoms with E-state index in [0.717, 1.165) is 12.5 Å². The van der Waals surface area contributed by atoms with Crippen molar-refractivity contribution in [2.75, 3.05) is 20.6 Å². The average molecular weight is 187 g/mol. The second-order valence-electron chi connectivity index (χ2n) is 4.04. The lowest BCUT2D eigenvalue weighted by atomic mass is 9.95. The van der Waals surface area contributed by atoms with E-state index in [-0.39, 0.29) is 0 Å². The fourth-order valence-electron chi connectivity index (χ4n) is 1.66. The zero-order valence-corrected chi connectivity index (χ0v) is 9.51. The van der Waals surface area contributed by atoms with Crippen LogP contribution in [0.15, 0.2) is 0 Å². The standard InChI is InChI=1S/C10H25N3/c1-5-9(6-2)7-10(12-11)8-13(3)4/h9-10,12H,5-8,11H2,1-4H3. The van der Waals surface area contributed by atoms with Crippen molar-refractivity contribution in [3.05, 3.63) is 0 Å². The van der Waals surface area contributed by atoms with Gasteiger partial charge in [0.25, 0.3) is 0 Å². The van der Waals surface area contributed by atoms with Crippen LogP contribution in [0.2, 0.25) is 0 Å². The van der Waals surface area contributed by atoms with E-state index in [1.807, 2.05) is 0 Å². The molecule has 0 saturated carbocycles. The van der Waals surface area contributed by atoms with Crippen LogP contribution in [0.4, 0.5) is 0 Å². The molecule has 3 N–H and O–H groups in total. The molecule has 0 aromatic rings. The normalized spacial score (nSPS) is 14.1. The first kappa shape index (κ1) is 12.9. The van der Waals surface area contributed by atoms with E-state index in [9.17, 15) is 0 Å². The minimum Gasteiger partial charge on any atom is -0.308 e. The number of rotatable bonds is 7. The summed E-state index contributed by atoms with van der Waals surface area (Å²) >= 11 is 0. The Morgan fingerprint density at radius 2 is 1.77 bits per heavy atom. The van der Waals surface area contributed by atoms with Gasteiger partial charge in [-0.05, 0) is 26.4 Å². The van der Waals surface area contributed by atoms with Gasteiger partial charge in [-0.3, -0.25) is 11.3 Å². The van der Waals surface area contributed by atoms with Crippen LogP contribution in [0.25, 0.3) is 0 Å². The van der Waals surface area contributed by atoms with Crippen molar-refractivity contribution in [3.63, 3.8) is 0 Å². The minimum atomic E-state index is 0.430. The van der Waals surface area contributed by atoms with Crippen molar-refractivity contribution in [3.8, 4) is 0 Å². The Morgan fingerprint density at radius 3 is 2.08 bits per heavy atom. The highest BCUT2D eigenvalue weighted by atomic mass is 15.3. The Morgan fingerprint density at radius 1 is 1.23 bits per heavy atom. The Labute approximate surface area is 82.6 Å². The molecule has 3 heteroatoms. The molecule has 3 nitrogen and oxygen atoms in total. The molecule has 80 valence electrons. The predicted octanol–water partition coefficient (Wildman–Crippen LogP) is 1.21. The third-order valence-corrected chi connectivity index (χ3v) is 2.59. The van der Waals surface area contributed by atoms with Gasteiger partial charge in [0.2, 0.25) is 0 Å². The fraction of sp³-hybridized carbons (Fsp3) is 1.00. The number of hydrogen-bond acceptors (Lipinski definition) is 3. The monoisotopic (exact) mass is 187 g/mol. The molecule has 0 aliphatic rings. The highest BCUT2D eigenvalue weighted by Crippen LogP contribution is 2.14. The largest absolute Gasteiger partial charge is 0.308 e. The van der Waals surface area contributed by atoms with Gasteiger partial charge in [-0.2, -0.15) is 0 Å². The molecule has 0 aliphatic carbocycles. The van der Waals surface area contributed by atoms with Crippen LogP contribution in [-0.2, 0) is 0 Å². The van der Waals surface area contributed by atoms with E-state index in [1.165, 1.54) is 19.3 Å². The van der Waals surface area contributed by atoms with Gasteiger partial charge in [-0.1, -0.05) is 26.7 Å². The van der Waals surface area contributed by atoms with Crippen LogP contribution in [0.1, 0.15) is 33.1 Å². The quantitative estimate of drug-likeness (QED) is 0.465. The van der Waals surface area contributed by atoms with Crippen molar-refractivity contribution < 1.29 is 0 Å². The number of hydrazine groups is 1. The summed E-state index contributed by atoms with van der Waals surface area (Å²) in [6.45, 7) is 5.52. The van der Waals surface area contributed by atoms with Crippen LogP contribution in [0.5, 0.6) is 0 Å². The lowest BCUT2D eigenvalue weighted by molar-refractivity contribution is 0.290. The molecule has 1 atom stereocenters. The third-order valence-electron chi connectivity index (χ3n) is 2.59. The maximum atomic E-state index is 5.50. The van der Waals surface area contributed by atoms with Crippen molar-refractivity contribution in [1.82, 2.24) is 10.3 Å². The lowest BCUT2D eigenvalue weighted by Crippen LogP contribution is -2.43. The van der Waals surface area contributed by atoms with Crippen LogP contribution in [-0.4, -0.2) is 31.6 Å². The van der Waals surface area contributed by atoms with E-state index in [2.05, 4.69) is 38.3 Å². The highest BCUT2D eigenvalue weighted by Gasteiger charge is 2.13. The number of hydrogen-bond donors (Lipinski definition) is 2. The molecule has 0 aliphatic heterocycles. The Kier molecular flexibility index (Phi) is 7.23. The molecule has 0 fully saturated rings. The van der Waals surface area contributed by atoms with E-state index in [0.29, 0.717) is 6.04 Å². The van der Waals surface area contributed by atoms with E-state index < -0.39 is 0 Å². The molecule has 0 saturated heterocycles. The van der Waals surface area contributed by atoms with Crippen molar-refractivity contribution in [1.29, 1.82) is 0 Å². The van der Waals surface area contributed by atoms with Crippen LogP contribution < -0.4 is 11.3 Å². The second kappa shape index (κ2) is 7.30. The van der Waals surface area contributed by atoms with Gasteiger partial charge in [-0.15, -0.1) is 0 Å². The zero-order valence-electron chi connectivity index (χ0n) is 9.51. The molecule has 0 heterocycles. The molecule has 0 aromatic carbocycles. The van der Waals surface area contributed by atoms with Crippen LogP contribution >= 0.6 is 0 Å². The molecule has 0 aromatic heterocycles. The van der Waals surface area contributed by atoms with Gasteiger partial charge in [0.15, 0.2) is 0 Å². The number of likely N-dealkylation sites (N-methyl/N-ethyl adjacent to an activating group) is 1. The van der Waals surface area contributed by atoms with Crippen LogP contribution in [0, 0.1) is 5.92 Å². The van der Waals surface area contributed by atoms with Crippen molar-refractivity contribution >= 4 is 0 Å². The fourth-order valence-corrected chi connectivity index (χ4v) is 1.66. The smallest absolute Gasteiger partial charge is 0.0340 e. The van der Waals surface area contributed by atoms with Crippen molar-refractivity contribution in [2.24, 2.45) is 11.8 Å². The summed E-state index contributed by atoms with van der Waals surface area (Å²) in [5, 5.41) is 0. The summed E-state index contributed by atoms with van der Waals surface area (Å²) in [7, 11) is 4.16. The Bertz CT molecular complexity index is 111. The summed E-state index contributed by atoms with van der Waals surface area (Å²) in [4.78, 5) is 2.17. The van der Waals surface area contributed by atoms with Gasteiger partial charge < -0.3 is 4.90 Å². The Hall–Kier alpha value is -0.120. The summed E-state index contributed by atoms with van der Waals surface area (Å²) in [5.41, 5.74) is 2.89. The molecule has 0 amide bonds. The number of nitrogens with one attached hydrogen (secondary N) is 1. The van der Waals surface area contributed by atoms with E-state index in [4.69, 9.17) is 5.84 Å². The third kappa shape index (κ3) is 6.02. The molecule has 0 bridgehead atoms. The highest BCUT2D eigenvalue weighted by molar-refractivity contribution is 4.70. The second-order valence-corrected chi connectivity index (χ2v) is 4.04. The van der Waals surface area contributed by atoms with Gasteiger partial charge in [0.05, 0.1) is 0 Å². The molecule has 0 radical (unpaired) electrons. The average Bonchev–Trinajstić information content (AvgIpc) is 2.11. The molecule has 1 unspecified atom stereocenters. The van der Waals surface area contributed by atoms with E-state index >= 15 is 0 Å². The van der Waals surface area contributed by atoms with Crippen LogP contribution in [0.3, 0.4) is 0 Å². The SMILES string of the molecule is CCC(CC)CC(CN(C)C)NN. The molecular formula is C10H25N3. The summed E-state index contributed by atoms with van der Waals surface area (Å²) in [6, 6.07) is 0.430. The minimum absolute atomic E-state index is 0.430. The van der Waals surface area contributed by atoms with Gasteiger partial charge >= 0.3 is 0 Å². The zero-order chi connectivity index (χ0) is 10.3. The van der Waals surface area contributed by atoms with E-state index in [1.54, 1.807) is 0 Å². The number of nitrogens with two attached hydrogens (primary N) is 1.